The number of amides is 1. The van der Waals surface area contributed by atoms with E-state index < -0.39 is 13.1 Å². The van der Waals surface area contributed by atoms with Crippen LogP contribution in [0.5, 0.6) is 0 Å². The Morgan fingerprint density at radius 3 is 3.00 bits per heavy atom. The third kappa shape index (κ3) is 4.15. The number of rotatable bonds is 5. The van der Waals surface area contributed by atoms with Crippen LogP contribution in [-0.2, 0) is 20.7 Å². The Kier molecular flexibility index (Phi) is 5.53. The first kappa shape index (κ1) is 17.4. The monoisotopic (exact) mass is 347 g/mol. The van der Waals surface area contributed by atoms with Gasteiger partial charge in [0.25, 0.3) is 0 Å². The van der Waals surface area contributed by atoms with E-state index in [-0.39, 0.29) is 24.2 Å². The number of nitrogens with one attached hydrogen (secondary N) is 1. The lowest BCUT2D eigenvalue weighted by molar-refractivity contribution is -0.121. The first-order chi connectivity index (χ1) is 11.5. The van der Waals surface area contributed by atoms with E-state index in [1.165, 1.54) is 23.8 Å². The van der Waals surface area contributed by atoms with E-state index in [1.807, 2.05) is 17.5 Å². The van der Waals surface area contributed by atoms with Crippen molar-refractivity contribution in [3.8, 4) is 0 Å². The van der Waals surface area contributed by atoms with Gasteiger partial charge < -0.3 is 15.0 Å². The normalized spacial score (nSPS) is 23.8. The number of hydrogen-bond donors (Lipinski definition) is 2. The van der Waals surface area contributed by atoms with Gasteiger partial charge in [0.1, 0.15) is 5.78 Å². The highest BCUT2D eigenvalue weighted by atomic mass is 32.1. The fraction of sp³-hybridized carbons (Fsp3) is 0.529. The van der Waals surface area contributed by atoms with Crippen molar-refractivity contribution in [2.45, 2.75) is 57.5 Å². The van der Waals surface area contributed by atoms with Crippen molar-refractivity contribution >= 4 is 30.1 Å². The Bertz CT molecular complexity index is 643. The third-order valence-corrected chi connectivity index (χ3v) is 5.49. The van der Waals surface area contributed by atoms with Crippen molar-refractivity contribution < 1.29 is 19.3 Å². The molecule has 1 aliphatic heterocycles. The van der Waals surface area contributed by atoms with Crippen LogP contribution in [0, 0.1) is 0 Å². The van der Waals surface area contributed by atoms with E-state index in [0.717, 1.165) is 29.7 Å². The average Bonchev–Trinajstić information content (AvgIpc) is 3.14. The molecule has 2 aliphatic rings. The third-order valence-electron chi connectivity index (χ3n) is 4.62. The maximum Gasteiger partial charge on any atom is 0.478 e. The van der Waals surface area contributed by atoms with Crippen molar-refractivity contribution in [2.24, 2.45) is 0 Å². The van der Waals surface area contributed by atoms with E-state index >= 15 is 0 Å². The highest BCUT2D eigenvalue weighted by Gasteiger charge is 2.39. The molecule has 0 spiro atoms. The molecule has 7 heteroatoms. The molecule has 1 amide bonds. The SMILES string of the molecule is CC(=O)C[C@@H]1OB(O)[C@@H](NC(=O)Cc2cccs2)CC2=C1CCC2. The zero-order valence-electron chi connectivity index (χ0n) is 13.8. The summed E-state index contributed by atoms with van der Waals surface area (Å²) in [6.07, 6.45) is 3.76. The molecule has 0 saturated heterocycles. The van der Waals surface area contributed by atoms with Crippen molar-refractivity contribution in [1.82, 2.24) is 5.32 Å². The van der Waals surface area contributed by atoms with Crippen LogP contribution in [0.4, 0.5) is 0 Å². The lowest BCUT2D eigenvalue weighted by Crippen LogP contribution is -2.49. The minimum Gasteiger partial charge on any atom is -0.426 e. The Balaban J connectivity index is 1.68. The quantitative estimate of drug-likeness (QED) is 0.631. The second-order valence-electron chi connectivity index (χ2n) is 6.54. The predicted octanol–water partition coefficient (Wildman–Crippen LogP) is 2.04. The van der Waals surface area contributed by atoms with E-state index in [0.29, 0.717) is 12.8 Å². The molecule has 0 saturated carbocycles. The molecule has 2 N–H and O–H groups in total. The minimum absolute atomic E-state index is 0.0473. The number of carbonyl (C=O) groups is 2. The molecule has 3 rings (SSSR count). The Labute approximate surface area is 146 Å². The molecule has 128 valence electrons. The number of hydrogen-bond acceptors (Lipinski definition) is 5. The first-order valence-electron chi connectivity index (χ1n) is 8.38. The maximum atomic E-state index is 12.2. The summed E-state index contributed by atoms with van der Waals surface area (Å²) < 4.78 is 5.75. The summed E-state index contributed by atoms with van der Waals surface area (Å²) in [4.78, 5) is 24.7. The largest absolute Gasteiger partial charge is 0.478 e. The highest BCUT2D eigenvalue weighted by molar-refractivity contribution is 7.10. The van der Waals surface area contributed by atoms with Gasteiger partial charge in [0.15, 0.2) is 0 Å². The zero-order chi connectivity index (χ0) is 17.1. The van der Waals surface area contributed by atoms with Crippen LogP contribution in [0.3, 0.4) is 0 Å². The van der Waals surface area contributed by atoms with Crippen LogP contribution in [0.2, 0.25) is 0 Å². The van der Waals surface area contributed by atoms with E-state index in [9.17, 15) is 14.6 Å². The zero-order valence-corrected chi connectivity index (χ0v) is 14.6. The number of carbonyl (C=O) groups excluding carboxylic acids is 2. The molecule has 0 radical (unpaired) electrons. The molecular formula is C17H22BNO4S. The van der Waals surface area contributed by atoms with Crippen LogP contribution in [0.25, 0.3) is 0 Å². The summed E-state index contributed by atoms with van der Waals surface area (Å²) in [6.45, 7) is 1.54. The van der Waals surface area contributed by atoms with Crippen LogP contribution >= 0.6 is 11.3 Å². The molecular weight excluding hydrogens is 325 g/mol. The molecule has 1 aromatic rings. The Hall–Kier alpha value is -1.44. The summed E-state index contributed by atoms with van der Waals surface area (Å²) in [5.41, 5.74) is 2.39. The van der Waals surface area contributed by atoms with Gasteiger partial charge >= 0.3 is 7.12 Å². The van der Waals surface area contributed by atoms with Crippen LogP contribution < -0.4 is 5.32 Å². The molecule has 0 unspecified atom stereocenters. The van der Waals surface area contributed by atoms with Crippen molar-refractivity contribution in [3.63, 3.8) is 0 Å². The topological polar surface area (TPSA) is 75.6 Å². The Morgan fingerprint density at radius 1 is 1.46 bits per heavy atom. The second-order valence-corrected chi connectivity index (χ2v) is 7.57. The molecule has 0 bridgehead atoms. The van der Waals surface area contributed by atoms with Gasteiger partial charge in [-0.2, -0.15) is 0 Å². The van der Waals surface area contributed by atoms with Gasteiger partial charge in [-0.25, -0.2) is 0 Å². The van der Waals surface area contributed by atoms with Crippen molar-refractivity contribution in [2.75, 3.05) is 0 Å². The second kappa shape index (κ2) is 7.63. The lowest BCUT2D eigenvalue weighted by atomic mass is 9.75. The van der Waals surface area contributed by atoms with Gasteiger partial charge in [0.2, 0.25) is 5.91 Å². The number of ketones is 1. The first-order valence-corrected chi connectivity index (χ1v) is 9.26. The fourth-order valence-corrected chi connectivity index (χ4v) is 4.25. The predicted molar refractivity (Wildman–Crippen MR) is 93.6 cm³/mol. The van der Waals surface area contributed by atoms with Gasteiger partial charge in [-0.3, -0.25) is 9.59 Å². The summed E-state index contributed by atoms with van der Waals surface area (Å²) in [7, 11) is -1.09. The van der Waals surface area contributed by atoms with E-state index in [2.05, 4.69) is 5.32 Å². The highest BCUT2D eigenvalue weighted by Crippen LogP contribution is 2.36. The summed E-state index contributed by atoms with van der Waals surface area (Å²) in [5, 5.41) is 15.2. The standard InChI is InChI=1S/C17H22BNO4S/c1-11(20)8-15-14-6-2-4-12(14)9-16(18(22)23-15)19-17(21)10-13-5-3-7-24-13/h3,5,7,15-16,22H,2,4,6,8-10H2,1H3,(H,19,21)/t15-,16-/m0/s1. The maximum absolute atomic E-state index is 12.2. The van der Waals surface area contributed by atoms with Crippen LogP contribution in [-0.4, -0.2) is 35.9 Å². The minimum atomic E-state index is -1.09. The molecule has 0 fully saturated rings. The van der Waals surface area contributed by atoms with Gasteiger partial charge in [-0.1, -0.05) is 11.6 Å². The van der Waals surface area contributed by atoms with E-state index in [1.54, 1.807) is 0 Å². The van der Waals surface area contributed by atoms with Gasteiger partial charge in [-0.15, -0.1) is 11.3 Å². The average molecular weight is 347 g/mol. The van der Waals surface area contributed by atoms with Crippen molar-refractivity contribution in [1.29, 1.82) is 0 Å². The van der Waals surface area contributed by atoms with Crippen LogP contribution in [0.15, 0.2) is 28.7 Å². The molecule has 1 aliphatic carbocycles. The number of thiophene rings is 1. The molecule has 2 heterocycles. The smallest absolute Gasteiger partial charge is 0.426 e. The van der Waals surface area contributed by atoms with Gasteiger partial charge in [-0.05, 0) is 49.6 Å². The lowest BCUT2D eigenvalue weighted by Gasteiger charge is -2.22. The molecule has 24 heavy (non-hydrogen) atoms. The summed E-state index contributed by atoms with van der Waals surface area (Å²) >= 11 is 1.54. The Morgan fingerprint density at radius 2 is 2.29 bits per heavy atom. The molecule has 0 aromatic carbocycles. The molecule has 5 nitrogen and oxygen atoms in total. The van der Waals surface area contributed by atoms with Gasteiger partial charge in [0, 0.05) is 11.3 Å². The fourth-order valence-electron chi connectivity index (χ4n) is 3.55. The number of Topliss-reactive ketones (excluding diaryl/α,β-unsaturated/α-hetero) is 1. The van der Waals surface area contributed by atoms with Gasteiger partial charge in [0.05, 0.1) is 18.5 Å². The summed E-state index contributed by atoms with van der Waals surface area (Å²) in [6, 6.07) is 3.84. The van der Waals surface area contributed by atoms with E-state index in [4.69, 9.17) is 4.65 Å². The van der Waals surface area contributed by atoms with Crippen LogP contribution in [0.1, 0.15) is 43.9 Å². The molecule has 1 aromatic heterocycles. The van der Waals surface area contributed by atoms with Crippen molar-refractivity contribution in [3.05, 3.63) is 33.5 Å². The summed E-state index contributed by atoms with van der Waals surface area (Å²) in [5.74, 6) is -0.529. The molecule has 2 atom stereocenters.